The van der Waals surface area contributed by atoms with Gasteiger partial charge in [0.2, 0.25) is 0 Å². The fourth-order valence-electron chi connectivity index (χ4n) is 2.76. The van der Waals surface area contributed by atoms with Gasteiger partial charge in [0.05, 0.1) is 30.2 Å². The van der Waals surface area contributed by atoms with E-state index in [4.69, 9.17) is 0 Å². The van der Waals surface area contributed by atoms with E-state index in [2.05, 4.69) is 20.4 Å². The van der Waals surface area contributed by atoms with Crippen molar-refractivity contribution in [2.24, 2.45) is 0 Å². The zero-order chi connectivity index (χ0) is 18.6. The van der Waals surface area contributed by atoms with Gasteiger partial charge in [0.15, 0.2) is 0 Å². The predicted molar refractivity (Wildman–Crippen MR) is 102 cm³/mol. The van der Waals surface area contributed by atoms with Crippen LogP contribution in [0.5, 0.6) is 0 Å². The first-order valence-electron chi connectivity index (χ1n) is 8.53. The van der Waals surface area contributed by atoms with Gasteiger partial charge in [-0.2, -0.15) is 5.10 Å². The summed E-state index contributed by atoms with van der Waals surface area (Å²) in [6, 6.07) is 13.6. The lowest BCUT2D eigenvalue weighted by molar-refractivity contribution is 0.102. The third kappa shape index (κ3) is 3.77. The molecule has 4 aromatic rings. The molecule has 0 unspecified atom stereocenters. The Morgan fingerprint density at radius 1 is 1.07 bits per heavy atom. The van der Waals surface area contributed by atoms with Crippen molar-refractivity contribution in [2.45, 2.75) is 13.5 Å². The summed E-state index contributed by atoms with van der Waals surface area (Å²) >= 11 is 0. The van der Waals surface area contributed by atoms with Crippen molar-refractivity contribution in [1.29, 1.82) is 0 Å². The summed E-state index contributed by atoms with van der Waals surface area (Å²) < 4.78 is 3.62. The van der Waals surface area contributed by atoms with E-state index in [-0.39, 0.29) is 5.91 Å². The van der Waals surface area contributed by atoms with Crippen molar-refractivity contribution in [3.05, 3.63) is 90.4 Å². The third-order valence-corrected chi connectivity index (χ3v) is 4.16. The molecule has 0 aliphatic carbocycles. The van der Waals surface area contributed by atoms with Crippen LogP contribution >= 0.6 is 0 Å². The Hall–Kier alpha value is -3.74. The lowest BCUT2D eigenvalue weighted by atomic mass is 10.2. The maximum absolute atomic E-state index is 12.4. The zero-order valence-electron chi connectivity index (χ0n) is 14.8. The number of pyridine rings is 1. The molecule has 0 fully saturated rings. The van der Waals surface area contributed by atoms with Gasteiger partial charge in [-0.05, 0) is 24.6 Å². The summed E-state index contributed by atoms with van der Waals surface area (Å²) in [5.74, 6) is 1.38. The maximum Gasteiger partial charge on any atom is 0.258 e. The van der Waals surface area contributed by atoms with Gasteiger partial charge >= 0.3 is 0 Å². The van der Waals surface area contributed by atoms with Crippen molar-refractivity contribution < 1.29 is 4.79 Å². The molecule has 0 atom stereocenters. The van der Waals surface area contributed by atoms with Gasteiger partial charge in [0, 0.05) is 18.6 Å². The van der Waals surface area contributed by atoms with Crippen LogP contribution in [0.15, 0.2) is 73.4 Å². The third-order valence-electron chi connectivity index (χ3n) is 4.16. The summed E-state index contributed by atoms with van der Waals surface area (Å²) in [5, 5.41) is 7.10. The van der Waals surface area contributed by atoms with E-state index in [1.165, 1.54) is 0 Å². The van der Waals surface area contributed by atoms with Gasteiger partial charge in [-0.3, -0.25) is 14.0 Å². The Bertz CT molecular complexity index is 1050. The number of benzene rings is 1. The normalized spacial score (nSPS) is 10.7. The molecule has 134 valence electrons. The highest BCUT2D eigenvalue weighted by atomic mass is 16.1. The first-order valence-corrected chi connectivity index (χ1v) is 8.53. The molecule has 0 saturated heterocycles. The van der Waals surface area contributed by atoms with Crippen molar-refractivity contribution in [2.75, 3.05) is 5.32 Å². The van der Waals surface area contributed by atoms with Gasteiger partial charge in [0.1, 0.15) is 11.6 Å². The molecule has 3 aromatic heterocycles. The van der Waals surface area contributed by atoms with E-state index in [1.54, 1.807) is 29.5 Å². The summed E-state index contributed by atoms with van der Waals surface area (Å²) in [5.41, 5.74) is 2.25. The number of nitrogens with one attached hydrogen (secondary N) is 1. The van der Waals surface area contributed by atoms with E-state index >= 15 is 0 Å². The summed E-state index contributed by atoms with van der Waals surface area (Å²) in [4.78, 5) is 21.0. The average Bonchev–Trinajstić information content (AvgIpc) is 3.32. The first-order chi connectivity index (χ1) is 13.2. The van der Waals surface area contributed by atoms with Gasteiger partial charge in [-0.15, -0.1) is 0 Å². The molecule has 1 amide bonds. The number of anilines is 1. The van der Waals surface area contributed by atoms with Crippen LogP contribution in [0.1, 0.15) is 21.7 Å². The van der Waals surface area contributed by atoms with Crippen LogP contribution in [-0.4, -0.2) is 30.2 Å². The number of hydrogen-bond acceptors (Lipinski definition) is 4. The Kier molecular flexibility index (Phi) is 4.49. The number of hydrogen-bond donors (Lipinski definition) is 1. The molecule has 0 aliphatic heterocycles. The van der Waals surface area contributed by atoms with Gasteiger partial charge in [-0.1, -0.05) is 30.3 Å². The molecule has 0 radical (unpaired) electrons. The number of nitrogens with zero attached hydrogens (tertiary/aromatic N) is 5. The number of imidazole rings is 1. The second-order valence-corrected chi connectivity index (χ2v) is 6.12. The second-order valence-electron chi connectivity index (χ2n) is 6.12. The van der Waals surface area contributed by atoms with Crippen LogP contribution in [0.4, 0.5) is 5.69 Å². The van der Waals surface area contributed by atoms with Crippen LogP contribution in [0.3, 0.4) is 0 Å². The van der Waals surface area contributed by atoms with E-state index in [0.29, 0.717) is 17.8 Å². The lowest BCUT2D eigenvalue weighted by Gasteiger charge is -2.06. The smallest absolute Gasteiger partial charge is 0.258 e. The first kappa shape index (κ1) is 16.7. The molecule has 3 heterocycles. The van der Waals surface area contributed by atoms with Crippen molar-refractivity contribution in [3.8, 4) is 5.82 Å². The number of aromatic nitrogens is 5. The lowest BCUT2D eigenvalue weighted by Crippen LogP contribution is -2.11. The maximum atomic E-state index is 12.4. The number of carbonyl (C=O) groups excluding carboxylic acids is 1. The van der Waals surface area contributed by atoms with Crippen LogP contribution in [-0.2, 0) is 6.54 Å². The van der Waals surface area contributed by atoms with Crippen LogP contribution in [0.2, 0.25) is 0 Å². The molecule has 7 heteroatoms. The highest BCUT2D eigenvalue weighted by Gasteiger charge is 2.10. The largest absolute Gasteiger partial charge is 0.320 e. The van der Waals surface area contributed by atoms with Gasteiger partial charge in [-0.25, -0.2) is 9.97 Å². The molecule has 0 saturated carbocycles. The fraction of sp³-hybridized carbons (Fsp3) is 0.100. The molecule has 0 spiro atoms. The predicted octanol–water partition coefficient (Wildman–Crippen LogP) is 3.07. The zero-order valence-corrected chi connectivity index (χ0v) is 14.8. The van der Waals surface area contributed by atoms with Crippen molar-refractivity contribution in [3.63, 3.8) is 0 Å². The molecule has 1 N–H and O–H groups in total. The standard InChI is InChI=1S/C20H18N6O/c1-15-21-9-10-26(15)19-8-7-18(12-22-19)24-20(27)17-11-23-25(14-17)13-16-5-3-2-4-6-16/h2-12,14H,13H2,1H3,(H,24,27). The molecular weight excluding hydrogens is 340 g/mol. The van der Waals surface area contributed by atoms with Crippen molar-refractivity contribution >= 4 is 11.6 Å². The minimum absolute atomic E-state index is 0.220. The molecule has 7 nitrogen and oxygen atoms in total. The van der Waals surface area contributed by atoms with Crippen LogP contribution < -0.4 is 5.32 Å². The average molecular weight is 358 g/mol. The summed E-state index contributed by atoms with van der Waals surface area (Å²) in [6.45, 7) is 2.53. The topological polar surface area (TPSA) is 77.6 Å². The van der Waals surface area contributed by atoms with Crippen LogP contribution in [0, 0.1) is 6.92 Å². The molecule has 0 aliphatic rings. The number of amides is 1. The highest BCUT2D eigenvalue weighted by molar-refractivity contribution is 6.03. The van der Waals surface area contributed by atoms with Crippen molar-refractivity contribution in [1.82, 2.24) is 24.3 Å². The van der Waals surface area contributed by atoms with Crippen LogP contribution in [0.25, 0.3) is 5.82 Å². The monoisotopic (exact) mass is 358 g/mol. The Morgan fingerprint density at radius 3 is 2.63 bits per heavy atom. The second kappa shape index (κ2) is 7.25. The minimum atomic E-state index is -0.220. The summed E-state index contributed by atoms with van der Waals surface area (Å²) in [7, 11) is 0. The Balaban J connectivity index is 1.43. The number of carbonyl (C=O) groups is 1. The molecular formula is C20H18N6O. The molecule has 0 bridgehead atoms. The van der Waals surface area contributed by atoms with E-state index in [0.717, 1.165) is 17.2 Å². The quantitative estimate of drug-likeness (QED) is 0.595. The van der Waals surface area contributed by atoms with Gasteiger partial charge in [0.25, 0.3) is 5.91 Å². The molecule has 4 rings (SSSR count). The van der Waals surface area contributed by atoms with E-state index in [1.807, 2.05) is 60.2 Å². The molecule has 1 aromatic carbocycles. The van der Waals surface area contributed by atoms with Gasteiger partial charge < -0.3 is 5.32 Å². The number of aryl methyl sites for hydroxylation is 1. The molecule has 27 heavy (non-hydrogen) atoms. The summed E-state index contributed by atoms with van der Waals surface area (Å²) in [6.07, 6.45) is 8.49. The highest BCUT2D eigenvalue weighted by Crippen LogP contribution is 2.13. The van der Waals surface area contributed by atoms with E-state index in [9.17, 15) is 4.79 Å². The number of rotatable bonds is 5. The SMILES string of the molecule is Cc1nccn1-c1ccc(NC(=O)c2cnn(Cc3ccccc3)c2)cn1. The fourth-order valence-corrected chi connectivity index (χ4v) is 2.76. The Morgan fingerprint density at radius 2 is 1.93 bits per heavy atom. The minimum Gasteiger partial charge on any atom is -0.320 e. The van der Waals surface area contributed by atoms with E-state index < -0.39 is 0 Å². The Labute approximate surface area is 156 Å².